The number of hydrogen-bond acceptors (Lipinski definition) is 4. The Bertz CT molecular complexity index is 632. The molecule has 2 fully saturated rings. The largest absolute Gasteiger partial charge is 0.375 e. The van der Waals surface area contributed by atoms with E-state index in [1.807, 2.05) is 34.9 Å². The maximum absolute atomic E-state index is 12.6. The lowest BCUT2D eigenvalue weighted by atomic mass is 10.1. The minimum absolute atomic E-state index is 0.0640. The molecule has 6 nitrogen and oxygen atoms in total. The Hall–Kier alpha value is -1.63. The second kappa shape index (κ2) is 8.17. The van der Waals surface area contributed by atoms with Crippen molar-refractivity contribution in [1.82, 2.24) is 15.1 Å². The molecule has 0 bridgehead atoms. The maximum atomic E-state index is 12.6. The first-order valence-corrected chi connectivity index (χ1v) is 9.08. The smallest absolute Gasteiger partial charge is 0.242 e. The van der Waals surface area contributed by atoms with Crippen LogP contribution in [-0.4, -0.2) is 73.1 Å². The van der Waals surface area contributed by atoms with Gasteiger partial charge in [0.1, 0.15) is 6.04 Å². The second-order valence-electron chi connectivity index (χ2n) is 6.52. The van der Waals surface area contributed by atoms with Crippen LogP contribution in [0.1, 0.15) is 12.5 Å². The predicted molar refractivity (Wildman–Crippen MR) is 95.5 cm³/mol. The van der Waals surface area contributed by atoms with Crippen molar-refractivity contribution in [3.63, 3.8) is 0 Å². The van der Waals surface area contributed by atoms with Crippen molar-refractivity contribution in [2.24, 2.45) is 0 Å². The van der Waals surface area contributed by atoms with Crippen molar-refractivity contribution in [1.29, 1.82) is 0 Å². The number of carbonyl (C=O) groups excluding carboxylic acids is 2. The summed E-state index contributed by atoms with van der Waals surface area (Å²) in [7, 11) is 0. The first-order valence-electron chi connectivity index (χ1n) is 8.70. The third-order valence-electron chi connectivity index (χ3n) is 4.77. The van der Waals surface area contributed by atoms with Crippen molar-refractivity contribution in [2.75, 3.05) is 39.3 Å². The van der Waals surface area contributed by atoms with Crippen LogP contribution in [0, 0.1) is 0 Å². The highest BCUT2D eigenvalue weighted by Gasteiger charge is 2.33. The Morgan fingerprint density at radius 3 is 2.64 bits per heavy atom. The number of rotatable bonds is 3. The van der Waals surface area contributed by atoms with Crippen LogP contribution in [0.25, 0.3) is 0 Å². The number of morpholine rings is 1. The Morgan fingerprint density at radius 2 is 1.96 bits per heavy atom. The number of ether oxygens (including phenoxy) is 1. The average Bonchev–Trinajstić information content (AvgIpc) is 2.62. The molecule has 1 aromatic rings. The number of benzene rings is 1. The predicted octanol–water partition coefficient (Wildman–Crippen LogP) is 0.930. The lowest BCUT2D eigenvalue weighted by Crippen LogP contribution is -2.60. The Balaban J connectivity index is 1.51. The lowest BCUT2D eigenvalue weighted by Gasteiger charge is -2.38. The molecule has 0 saturated carbocycles. The van der Waals surface area contributed by atoms with Crippen molar-refractivity contribution in [3.05, 3.63) is 34.9 Å². The van der Waals surface area contributed by atoms with Gasteiger partial charge in [-0.25, -0.2) is 0 Å². The van der Waals surface area contributed by atoms with Gasteiger partial charge in [-0.05, 0) is 24.6 Å². The fraction of sp³-hybridized carbons (Fsp3) is 0.556. The van der Waals surface area contributed by atoms with E-state index in [0.29, 0.717) is 50.8 Å². The van der Waals surface area contributed by atoms with Gasteiger partial charge in [0.25, 0.3) is 0 Å². The molecule has 136 valence electrons. The van der Waals surface area contributed by atoms with Crippen LogP contribution in [0.5, 0.6) is 0 Å². The number of hydrogen-bond donors (Lipinski definition) is 1. The summed E-state index contributed by atoms with van der Waals surface area (Å²) >= 11 is 5.97. The highest BCUT2D eigenvalue weighted by Crippen LogP contribution is 2.14. The highest BCUT2D eigenvalue weighted by molar-refractivity contribution is 6.30. The molecule has 1 aromatic carbocycles. The Morgan fingerprint density at radius 1 is 1.24 bits per heavy atom. The third-order valence-corrected chi connectivity index (χ3v) is 5.01. The molecule has 2 atom stereocenters. The number of nitrogens with zero attached hydrogens (tertiary/aromatic N) is 2. The Kier molecular flexibility index (Phi) is 5.93. The molecule has 0 unspecified atom stereocenters. The van der Waals surface area contributed by atoms with E-state index in [2.05, 4.69) is 5.32 Å². The number of amides is 2. The molecular weight excluding hydrogens is 342 g/mol. The van der Waals surface area contributed by atoms with Crippen LogP contribution in [0.4, 0.5) is 0 Å². The van der Waals surface area contributed by atoms with Crippen LogP contribution in [0.15, 0.2) is 24.3 Å². The van der Waals surface area contributed by atoms with Gasteiger partial charge in [-0.1, -0.05) is 23.7 Å². The number of halogens is 1. The zero-order chi connectivity index (χ0) is 17.8. The summed E-state index contributed by atoms with van der Waals surface area (Å²) < 4.78 is 5.55. The minimum atomic E-state index is -0.289. The van der Waals surface area contributed by atoms with E-state index in [-0.39, 0.29) is 24.0 Å². The van der Waals surface area contributed by atoms with Crippen molar-refractivity contribution in [3.8, 4) is 0 Å². The van der Waals surface area contributed by atoms with Gasteiger partial charge in [0.15, 0.2) is 0 Å². The summed E-state index contributed by atoms with van der Waals surface area (Å²) in [4.78, 5) is 28.7. The van der Waals surface area contributed by atoms with Crippen molar-refractivity contribution >= 4 is 23.4 Å². The standard InChI is InChI=1S/C18H24ClN3O3/c1-13-17(20-5-10-25-13)18(24)22-8-6-21(7-9-22)16(23)12-14-3-2-4-15(19)11-14/h2-4,11,13,17,20H,5-10,12H2,1H3/t13-,17+/m1/s1. The molecule has 2 aliphatic heterocycles. The molecule has 2 heterocycles. The zero-order valence-corrected chi connectivity index (χ0v) is 15.2. The van der Waals surface area contributed by atoms with Crippen molar-refractivity contribution < 1.29 is 14.3 Å². The number of nitrogens with one attached hydrogen (secondary N) is 1. The van der Waals surface area contributed by atoms with Gasteiger partial charge < -0.3 is 19.9 Å². The van der Waals surface area contributed by atoms with E-state index >= 15 is 0 Å². The van der Waals surface area contributed by atoms with Gasteiger partial charge >= 0.3 is 0 Å². The van der Waals surface area contributed by atoms with E-state index in [0.717, 1.165) is 5.56 Å². The van der Waals surface area contributed by atoms with Crippen LogP contribution in [-0.2, 0) is 20.7 Å². The molecule has 0 radical (unpaired) electrons. The summed E-state index contributed by atoms with van der Waals surface area (Å²) in [6.07, 6.45) is 0.215. The van der Waals surface area contributed by atoms with E-state index in [4.69, 9.17) is 16.3 Å². The van der Waals surface area contributed by atoms with E-state index in [1.54, 1.807) is 6.07 Å². The maximum Gasteiger partial charge on any atom is 0.242 e. The molecule has 0 aromatic heterocycles. The molecule has 1 N–H and O–H groups in total. The molecule has 2 amide bonds. The van der Waals surface area contributed by atoms with Gasteiger partial charge in [0.05, 0.1) is 19.1 Å². The zero-order valence-electron chi connectivity index (χ0n) is 14.4. The molecule has 7 heteroatoms. The summed E-state index contributed by atoms with van der Waals surface area (Å²) in [6.45, 7) is 5.49. The van der Waals surface area contributed by atoms with Gasteiger partial charge in [-0.3, -0.25) is 9.59 Å². The topological polar surface area (TPSA) is 61.9 Å². The fourth-order valence-corrected chi connectivity index (χ4v) is 3.53. The van der Waals surface area contributed by atoms with Gasteiger partial charge in [0, 0.05) is 37.7 Å². The quantitative estimate of drug-likeness (QED) is 0.865. The monoisotopic (exact) mass is 365 g/mol. The first kappa shape index (κ1) is 18.2. The number of piperazine rings is 1. The SMILES string of the molecule is C[C@H]1OCCN[C@@H]1C(=O)N1CCN(C(=O)Cc2cccc(Cl)c2)CC1. The second-order valence-corrected chi connectivity index (χ2v) is 6.96. The van der Waals surface area contributed by atoms with E-state index < -0.39 is 0 Å². The molecule has 25 heavy (non-hydrogen) atoms. The first-order chi connectivity index (χ1) is 12.0. The summed E-state index contributed by atoms with van der Waals surface area (Å²) in [5.74, 6) is 0.135. The molecule has 2 saturated heterocycles. The van der Waals surface area contributed by atoms with Crippen LogP contribution in [0.2, 0.25) is 5.02 Å². The van der Waals surface area contributed by atoms with E-state index in [9.17, 15) is 9.59 Å². The van der Waals surface area contributed by atoms with Gasteiger partial charge in [0.2, 0.25) is 11.8 Å². The molecule has 2 aliphatic rings. The van der Waals surface area contributed by atoms with Crippen LogP contribution >= 0.6 is 11.6 Å². The molecule has 3 rings (SSSR count). The fourth-order valence-electron chi connectivity index (χ4n) is 3.32. The summed E-state index contributed by atoms with van der Waals surface area (Å²) in [6, 6.07) is 7.07. The summed E-state index contributed by atoms with van der Waals surface area (Å²) in [5.41, 5.74) is 0.911. The average molecular weight is 366 g/mol. The minimum Gasteiger partial charge on any atom is -0.375 e. The third kappa shape index (κ3) is 4.51. The Labute approximate surface area is 153 Å². The normalized spacial score (nSPS) is 24.2. The van der Waals surface area contributed by atoms with E-state index in [1.165, 1.54) is 0 Å². The highest BCUT2D eigenvalue weighted by atomic mass is 35.5. The molecule has 0 aliphatic carbocycles. The lowest BCUT2D eigenvalue weighted by molar-refractivity contribution is -0.144. The number of carbonyl (C=O) groups is 2. The van der Waals surface area contributed by atoms with Crippen molar-refractivity contribution in [2.45, 2.75) is 25.5 Å². The molecule has 0 spiro atoms. The van der Waals surface area contributed by atoms with Gasteiger partial charge in [-0.2, -0.15) is 0 Å². The molecular formula is C18H24ClN3O3. The van der Waals surface area contributed by atoms with Crippen LogP contribution in [0.3, 0.4) is 0 Å². The summed E-state index contributed by atoms with van der Waals surface area (Å²) in [5, 5.41) is 3.86. The van der Waals surface area contributed by atoms with Crippen LogP contribution < -0.4 is 5.32 Å². The van der Waals surface area contributed by atoms with Gasteiger partial charge in [-0.15, -0.1) is 0 Å².